The number of ether oxygens (including phenoxy) is 2. The highest BCUT2D eigenvalue weighted by molar-refractivity contribution is 5.92. The van der Waals surface area contributed by atoms with Crippen molar-refractivity contribution < 1.29 is 19.1 Å². The van der Waals surface area contributed by atoms with Crippen molar-refractivity contribution in [1.82, 2.24) is 0 Å². The minimum atomic E-state index is -0.946. The van der Waals surface area contributed by atoms with Crippen molar-refractivity contribution in [2.24, 2.45) is 16.7 Å². The van der Waals surface area contributed by atoms with Crippen molar-refractivity contribution in [2.75, 3.05) is 0 Å². The van der Waals surface area contributed by atoms with Crippen LogP contribution in [0.4, 0.5) is 0 Å². The van der Waals surface area contributed by atoms with E-state index in [1.165, 1.54) is 12.2 Å². The monoisotopic (exact) mass is 326 g/mol. The van der Waals surface area contributed by atoms with E-state index in [1.807, 2.05) is 30.3 Å². The van der Waals surface area contributed by atoms with Gasteiger partial charge in [0.15, 0.2) is 5.60 Å². The Morgan fingerprint density at radius 3 is 2.38 bits per heavy atom. The predicted octanol–water partition coefficient (Wildman–Crippen LogP) is 3.36. The van der Waals surface area contributed by atoms with Crippen LogP contribution in [0.25, 0.3) is 0 Å². The van der Waals surface area contributed by atoms with Gasteiger partial charge < -0.3 is 9.47 Å². The van der Waals surface area contributed by atoms with Gasteiger partial charge in [0.2, 0.25) is 0 Å². The molecule has 4 heteroatoms. The zero-order valence-electron chi connectivity index (χ0n) is 14.2. The maximum absolute atomic E-state index is 12.4. The second-order valence-electron chi connectivity index (χ2n) is 7.91. The van der Waals surface area contributed by atoms with E-state index in [9.17, 15) is 9.59 Å². The molecular weight excluding hydrogens is 304 g/mol. The quantitative estimate of drug-likeness (QED) is 0.743. The van der Waals surface area contributed by atoms with Gasteiger partial charge >= 0.3 is 11.9 Å². The molecule has 1 aromatic rings. The summed E-state index contributed by atoms with van der Waals surface area (Å²) in [5, 5.41) is 0. The Morgan fingerprint density at radius 1 is 1.00 bits per heavy atom. The van der Waals surface area contributed by atoms with Crippen LogP contribution in [0.3, 0.4) is 0 Å². The van der Waals surface area contributed by atoms with Crippen LogP contribution in [0.5, 0.6) is 0 Å². The van der Waals surface area contributed by atoms with Gasteiger partial charge in [0.25, 0.3) is 0 Å². The lowest BCUT2D eigenvalue weighted by molar-refractivity contribution is -0.210. The molecule has 4 rings (SSSR count). The predicted molar refractivity (Wildman–Crippen MR) is 87.8 cm³/mol. The van der Waals surface area contributed by atoms with Crippen molar-refractivity contribution in [3.8, 4) is 0 Å². The summed E-state index contributed by atoms with van der Waals surface area (Å²) in [7, 11) is 0. The zero-order chi connectivity index (χ0) is 17.2. The van der Waals surface area contributed by atoms with Crippen LogP contribution in [0.15, 0.2) is 42.5 Å². The number of hydrogen-bond donors (Lipinski definition) is 0. The van der Waals surface area contributed by atoms with Gasteiger partial charge in [-0.25, -0.2) is 9.59 Å². The van der Waals surface area contributed by atoms with Gasteiger partial charge in [-0.1, -0.05) is 51.1 Å². The lowest BCUT2D eigenvalue weighted by Gasteiger charge is -2.49. The molecule has 2 saturated carbocycles. The molecule has 1 aliphatic heterocycles. The summed E-state index contributed by atoms with van der Waals surface area (Å²) in [4.78, 5) is 24.6. The minimum absolute atomic E-state index is 0.113. The van der Waals surface area contributed by atoms with Gasteiger partial charge in [0, 0.05) is 23.5 Å². The van der Waals surface area contributed by atoms with E-state index in [0.717, 1.165) is 18.4 Å². The average molecular weight is 326 g/mol. The molecule has 0 amide bonds. The lowest BCUT2D eigenvalue weighted by Crippen LogP contribution is -2.55. The summed E-state index contributed by atoms with van der Waals surface area (Å²) in [5.74, 6) is -0.792. The standard InChI is InChI=1S/C20H22O4/c1-18(2)14-11-12-19(18,3)20(13-7-5-4-6-8-13)17(14)23-15(21)9-10-16(22)24-20/h4-10,14,17H,11-12H2,1-3H3/b10-9+. The second-order valence-corrected chi connectivity index (χ2v) is 7.91. The summed E-state index contributed by atoms with van der Waals surface area (Å²) in [6, 6.07) is 9.76. The van der Waals surface area contributed by atoms with Gasteiger partial charge in [0.05, 0.1) is 0 Å². The lowest BCUT2D eigenvalue weighted by atomic mass is 9.61. The molecule has 126 valence electrons. The SMILES string of the molecule is CC1(C)C2CCC1(C)C1(c3ccccc3)OC(=O)/C=C/C(=O)OC21. The third-order valence-corrected chi connectivity index (χ3v) is 6.95. The van der Waals surface area contributed by atoms with E-state index in [1.54, 1.807) is 0 Å². The fourth-order valence-electron chi connectivity index (χ4n) is 5.38. The molecule has 0 spiro atoms. The molecule has 4 atom stereocenters. The fraction of sp³-hybridized carbons (Fsp3) is 0.500. The number of carbonyl (C=O) groups excluding carboxylic acids is 2. The molecule has 0 radical (unpaired) electrons. The normalized spacial score (nSPS) is 41.0. The second kappa shape index (κ2) is 4.71. The van der Waals surface area contributed by atoms with E-state index in [-0.39, 0.29) is 16.7 Å². The molecule has 2 aliphatic carbocycles. The minimum Gasteiger partial charge on any atom is -0.454 e. The van der Waals surface area contributed by atoms with Crippen LogP contribution in [-0.2, 0) is 24.7 Å². The first-order valence-electron chi connectivity index (χ1n) is 8.50. The highest BCUT2D eigenvalue weighted by atomic mass is 16.6. The highest BCUT2D eigenvalue weighted by Crippen LogP contribution is 2.74. The van der Waals surface area contributed by atoms with Gasteiger partial charge in [-0.05, 0) is 23.8 Å². The summed E-state index contributed by atoms with van der Waals surface area (Å²) in [5.41, 5.74) is -0.460. The van der Waals surface area contributed by atoms with Crippen LogP contribution >= 0.6 is 0 Å². The van der Waals surface area contributed by atoms with Crippen molar-refractivity contribution in [1.29, 1.82) is 0 Å². The molecular formula is C20H22O4. The van der Waals surface area contributed by atoms with Crippen molar-refractivity contribution in [3.63, 3.8) is 0 Å². The third-order valence-electron chi connectivity index (χ3n) is 6.95. The zero-order valence-corrected chi connectivity index (χ0v) is 14.2. The average Bonchev–Trinajstić information content (AvgIpc) is 2.85. The van der Waals surface area contributed by atoms with Gasteiger partial charge in [-0.2, -0.15) is 0 Å². The molecule has 0 aromatic heterocycles. The summed E-state index contributed by atoms with van der Waals surface area (Å²) in [6.45, 7) is 6.58. The number of rotatable bonds is 1. The molecule has 1 heterocycles. The molecule has 2 fully saturated rings. The van der Waals surface area contributed by atoms with E-state index in [2.05, 4.69) is 20.8 Å². The first-order valence-corrected chi connectivity index (χ1v) is 8.50. The Bertz CT molecular complexity index is 735. The highest BCUT2D eigenvalue weighted by Gasteiger charge is 2.77. The van der Waals surface area contributed by atoms with Crippen molar-refractivity contribution in [2.45, 2.75) is 45.3 Å². The molecule has 2 bridgehead atoms. The topological polar surface area (TPSA) is 52.6 Å². The first-order chi connectivity index (χ1) is 11.3. The maximum atomic E-state index is 12.4. The third kappa shape index (κ3) is 1.64. The molecule has 3 aliphatic rings. The van der Waals surface area contributed by atoms with Crippen LogP contribution in [0.2, 0.25) is 0 Å². The largest absolute Gasteiger partial charge is 0.454 e. The Labute approximate surface area is 141 Å². The van der Waals surface area contributed by atoms with Crippen LogP contribution in [0, 0.1) is 16.7 Å². The van der Waals surface area contributed by atoms with E-state index < -0.39 is 23.6 Å². The summed E-state index contributed by atoms with van der Waals surface area (Å²) < 4.78 is 12.0. The van der Waals surface area contributed by atoms with Gasteiger partial charge in [-0.15, -0.1) is 0 Å². The van der Waals surface area contributed by atoms with Crippen molar-refractivity contribution >= 4 is 11.9 Å². The number of fused-ring (bicyclic) bond motifs is 5. The molecule has 4 nitrogen and oxygen atoms in total. The van der Waals surface area contributed by atoms with Crippen LogP contribution < -0.4 is 0 Å². The molecule has 24 heavy (non-hydrogen) atoms. The number of benzene rings is 1. The Kier molecular flexibility index (Phi) is 3.03. The molecule has 0 saturated heterocycles. The summed E-state index contributed by atoms with van der Waals surface area (Å²) in [6.07, 6.45) is 3.78. The maximum Gasteiger partial charge on any atom is 0.332 e. The Hall–Kier alpha value is -2.10. The molecule has 1 aromatic carbocycles. The Balaban J connectivity index is 2.00. The van der Waals surface area contributed by atoms with Crippen LogP contribution in [0.1, 0.15) is 39.2 Å². The fourth-order valence-corrected chi connectivity index (χ4v) is 5.38. The van der Waals surface area contributed by atoms with Gasteiger partial charge in [0.1, 0.15) is 6.10 Å². The number of carbonyl (C=O) groups is 2. The first kappa shape index (κ1) is 15.4. The van der Waals surface area contributed by atoms with E-state index >= 15 is 0 Å². The number of esters is 2. The van der Waals surface area contributed by atoms with Crippen molar-refractivity contribution in [3.05, 3.63) is 48.0 Å². The smallest absolute Gasteiger partial charge is 0.332 e. The van der Waals surface area contributed by atoms with Gasteiger partial charge in [-0.3, -0.25) is 0 Å². The van der Waals surface area contributed by atoms with Crippen LogP contribution in [-0.4, -0.2) is 18.0 Å². The van der Waals surface area contributed by atoms with E-state index in [4.69, 9.17) is 9.47 Å². The Morgan fingerprint density at radius 2 is 1.67 bits per heavy atom. The number of hydrogen-bond acceptors (Lipinski definition) is 4. The molecule has 0 N–H and O–H groups in total. The summed E-state index contributed by atoms with van der Waals surface area (Å²) >= 11 is 0. The molecule has 4 unspecified atom stereocenters. The van der Waals surface area contributed by atoms with E-state index in [0.29, 0.717) is 0 Å².